The highest BCUT2D eigenvalue weighted by Gasteiger charge is 2.47. The summed E-state index contributed by atoms with van der Waals surface area (Å²) >= 11 is 0. The highest BCUT2D eigenvalue weighted by atomic mass is 19.1. The first-order valence-corrected chi connectivity index (χ1v) is 18.1. The van der Waals surface area contributed by atoms with E-state index in [2.05, 4.69) is 27.0 Å². The van der Waals surface area contributed by atoms with Crippen molar-refractivity contribution in [3.05, 3.63) is 114 Å². The molecule has 4 aromatic rings. The van der Waals surface area contributed by atoms with Gasteiger partial charge < -0.3 is 24.6 Å². The Kier molecular flexibility index (Phi) is 10.1. The van der Waals surface area contributed by atoms with E-state index in [1.807, 2.05) is 91.9 Å². The Morgan fingerprint density at radius 3 is 2.18 bits per heavy atom. The summed E-state index contributed by atoms with van der Waals surface area (Å²) in [5.74, 6) is 0.311. The van der Waals surface area contributed by atoms with E-state index in [1.165, 1.54) is 12.8 Å². The molecule has 50 heavy (non-hydrogen) atoms. The lowest BCUT2D eigenvalue weighted by atomic mass is 9.60. The number of pyridine rings is 1. The average molecular weight is 677 g/mol. The number of likely N-dealkylation sites (tertiary alicyclic amines) is 1. The standard InChI is InChI=1S/C42H49FN4O3/c1-31-13-15-36(39(44-31)49-28-32-9-5-3-6-10-32)34-14-16-38(37(43)25-34)47-23-17-41(2,18-24-47)30-46-21-19-42(20-22-46)26-35(27-42)45-40(48)50-29-33-11-7-4-8-12-33/h3-16,25,35H,17-24,26-30H2,1-2H3,(H,45,48). The van der Waals surface area contributed by atoms with E-state index in [1.54, 1.807) is 6.07 Å². The van der Waals surface area contributed by atoms with Gasteiger partial charge in [-0.25, -0.2) is 14.2 Å². The molecule has 262 valence electrons. The molecule has 1 saturated carbocycles. The SMILES string of the molecule is Cc1ccc(-c2ccc(N3CCC(C)(CN4CCC5(CC4)CC(NC(=O)OCc4ccccc4)C5)CC3)c(F)c2)c(OCc2ccccc2)n1. The minimum atomic E-state index is -0.317. The van der Waals surface area contributed by atoms with Gasteiger partial charge in [-0.15, -0.1) is 0 Å². The number of nitrogens with zero attached hydrogens (tertiary/aromatic N) is 3. The van der Waals surface area contributed by atoms with Crippen LogP contribution in [0.2, 0.25) is 0 Å². The van der Waals surface area contributed by atoms with Crippen LogP contribution in [0.15, 0.2) is 91.0 Å². The maximum atomic E-state index is 15.7. The maximum absolute atomic E-state index is 15.7. The minimum absolute atomic E-state index is 0.209. The van der Waals surface area contributed by atoms with E-state index in [-0.39, 0.29) is 23.4 Å². The van der Waals surface area contributed by atoms with E-state index in [4.69, 9.17) is 9.47 Å². The van der Waals surface area contributed by atoms with Crippen LogP contribution in [0.5, 0.6) is 5.88 Å². The van der Waals surface area contributed by atoms with Crippen molar-refractivity contribution >= 4 is 11.8 Å². The molecule has 1 N–H and O–H groups in total. The minimum Gasteiger partial charge on any atom is -0.472 e. The van der Waals surface area contributed by atoms with E-state index in [9.17, 15) is 4.79 Å². The molecule has 1 aliphatic carbocycles. The summed E-state index contributed by atoms with van der Waals surface area (Å²) in [7, 11) is 0. The third-order valence-corrected chi connectivity index (χ3v) is 11.2. The number of aryl methyl sites for hydroxylation is 1. The van der Waals surface area contributed by atoms with E-state index < -0.39 is 0 Å². The topological polar surface area (TPSA) is 66.9 Å². The van der Waals surface area contributed by atoms with Crippen LogP contribution in [0.25, 0.3) is 11.1 Å². The van der Waals surface area contributed by atoms with Gasteiger partial charge in [0.05, 0.1) is 5.69 Å². The number of halogens is 1. The molecule has 3 aromatic carbocycles. The molecule has 7 rings (SSSR count). The molecule has 3 fully saturated rings. The Morgan fingerprint density at radius 1 is 0.860 bits per heavy atom. The predicted molar refractivity (Wildman–Crippen MR) is 196 cm³/mol. The summed E-state index contributed by atoms with van der Waals surface area (Å²) in [5.41, 5.74) is 5.70. The molecule has 3 heterocycles. The van der Waals surface area contributed by atoms with Gasteiger partial charge in [-0.1, -0.05) is 73.7 Å². The number of carbonyl (C=O) groups excluding carboxylic acids is 1. The summed E-state index contributed by atoms with van der Waals surface area (Å²) < 4.78 is 27.3. The molecule has 2 saturated heterocycles. The van der Waals surface area contributed by atoms with Gasteiger partial charge in [-0.2, -0.15) is 0 Å². The van der Waals surface area contributed by atoms with Gasteiger partial charge in [0.2, 0.25) is 5.88 Å². The van der Waals surface area contributed by atoms with Gasteiger partial charge in [0, 0.05) is 36.9 Å². The van der Waals surface area contributed by atoms with Gasteiger partial charge in [0.1, 0.15) is 19.0 Å². The number of anilines is 1. The fraction of sp³-hybridized carbons (Fsp3) is 0.429. The van der Waals surface area contributed by atoms with E-state index in [0.29, 0.717) is 30.2 Å². The first-order valence-electron chi connectivity index (χ1n) is 18.1. The smallest absolute Gasteiger partial charge is 0.407 e. The van der Waals surface area contributed by atoms with Crippen molar-refractivity contribution in [1.29, 1.82) is 0 Å². The lowest BCUT2D eigenvalue weighted by molar-refractivity contribution is -0.00791. The van der Waals surface area contributed by atoms with Crippen LogP contribution in [-0.2, 0) is 18.0 Å². The number of nitrogens with one attached hydrogen (secondary N) is 1. The molecule has 2 aliphatic heterocycles. The number of piperidine rings is 2. The van der Waals surface area contributed by atoms with Gasteiger partial charge in [0.25, 0.3) is 0 Å². The zero-order chi connectivity index (χ0) is 34.6. The van der Waals surface area contributed by atoms with Gasteiger partial charge in [-0.05, 0) is 110 Å². The quantitative estimate of drug-likeness (QED) is 0.182. The summed E-state index contributed by atoms with van der Waals surface area (Å²) in [4.78, 5) is 21.8. The summed E-state index contributed by atoms with van der Waals surface area (Å²) in [5, 5.41) is 3.07. The third-order valence-electron chi connectivity index (χ3n) is 11.2. The Labute approximate surface area is 295 Å². The number of hydrogen-bond donors (Lipinski definition) is 1. The van der Waals surface area contributed by atoms with Crippen LogP contribution in [0.3, 0.4) is 0 Å². The zero-order valence-electron chi connectivity index (χ0n) is 29.4. The summed E-state index contributed by atoms with van der Waals surface area (Å²) in [6, 6.07) is 29.5. The number of amides is 1. The second-order valence-corrected chi connectivity index (χ2v) is 15.1. The second-order valence-electron chi connectivity index (χ2n) is 15.1. The number of carbonyl (C=O) groups is 1. The number of ether oxygens (including phenoxy) is 2. The molecule has 8 heteroatoms. The van der Waals surface area contributed by atoms with Gasteiger partial charge in [0.15, 0.2) is 0 Å². The van der Waals surface area contributed by atoms with Crippen molar-refractivity contribution < 1.29 is 18.7 Å². The summed E-state index contributed by atoms with van der Waals surface area (Å²) in [6.07, 6.45) is 6.20. The van der Waals surface area contributed by atoms with Crippen molar-refractivity contribution in [2.75, 3.05) is 37.6 Å². The predicted octanol–water partition coefficient (Wildman–Crippen LogP) is 8.55. The molecule has 0 radical (unpaired) electrons. The number of hydrogen-bond acceptors (Lipinski definition) is 6. The molecule has 7 nitrogen and oxygen atoms in total. The molecule has 0 unspecified atom stereocenters. The normalized spacial score (nSPS) is 18.7. The Bertz CT molecular complexity index is 1740. The lowest BCUT2D eigenvalue weighted by Crippen LogP contribution is -2.56. The van der Waals surface area contributed by atoms with Crippen LogP contribution >= 0.6 is 0 Å². The third kappa shape index (κ3) is 8.13. The van der Waals surface area contributed by atoms with E-state index >= 15 is 4.39 Å². The first-order chi connectivity index (χ1) is 24.2. The molecular formula is C42H49FN4O3. The molecule has 1 spiro atoms. The van der Waals surface area contributed by atoms with Crippen molar-refractivity contribution in [2.45, 2.75) is 71.6 Å². The number of aromatic nitrogens is 1. The zero-order valence-corrected chi connectivity index (χ0v) is 29.4. The van der Waals surface area contributed by atoms with Crippen molar-refractivity contribution in [2.24, 2.45) is 10.8 Å². The molecule has 3 aliphatic rings. The molecule has 1 amide bonds. The highest BCUT2D eigenvalue weighted by molar-refractivity contribution is 5.71. The fourth-order valence-corrected chi connectivity index (χ4v) is 8.12. The first kappa shape index (κ1) is 34.0. The van der Waals surface area contributed by atoms with Crippen LogP contribution in [0.4, 0.5) is 14.9 Å². The van der Waals surface area contributed by atoms with Gasteiger partial charge in [-0.3, -0.25) is 0 Å². The fourth-order valence-electron chi connectivity index (χ4n) is 8.12. The van der Waals surface area contributed by atoms with Crippen molar-refractivity contribution in [3.8, 4) is 17.0 Å². The van der Waals surface area contributed by atoms with Crippen molar-refractivity contribution in [3.63, 3.8) is 0 Å². The Hall–Kier alpha value is -4.43. The average Bonchev–Trinajstić information content (AvgIpc) is 3.11. The number of benzene rings is 3. The second kappa shape index (κ2) is 14.8. The number of alkyl carbamates (subject to hydrolysis) is 1. The van der Waals surface area contributed by atoms with Crippen LogP contribution in [0, 0.1) is 23.6 Å². The van der Waals surface area contributed by atoms with Crippen LogP contribution in [0.1, 0.15) is 62.3 Å². The van der Waals surface area contributed by atoms with Crippen molar-refractivity contribution in [1.82, 2.24) is 15.2 Å². The monoisotopic (exact) mass is 676 g/mol. The summed E-state index contributed by atoms with van der Waals surface area (Å²) in [6.45, 7) is 10.0. The molecule has 0 bridgehead atoms. The highest BCUT2D eigenvalue weighted by Crippen LogP contribution is 2.49. The maximum Gasteiger partial charge on any atom is 0.407 e. The van der Waals surface area contributed by atoms with Crippen LogP contribution in [-0.4, -0.2) is 54.7 Å². The van der Waals surface area contributed by atoms with E-state index in [0.717, 1.165) is 86.4 Å². The largest absolute Gasteiger partial charge is 0.472 e. The Balaban J connectivity index is 0.870. The van der Waals surface area contributed by atoms with Crippen LogP contribution < -0.4 is 15.0 Å². The Morgan fingerprint density at radius 2 is 1.52 bits per heavy atom. The molecular weight excluding hydrogens is 627 g/mol. The molecule has 0 atom stereocenters. The molecule has 1 aromatic heterocycles. The number of rotatable bonds is 10. The van der Waals surface area contributed by atoms with Gasteiger partial charge >= 0.3 is 6.09 Å². The lowest BCUT2D eigenvalue weighted by Gasteiger charge is -2.53.